The summed E-state index contributed by atoms with van der Waals surface area (Å²) in [5.41, 5.74) is 12.9. The topological polar surface area (TPSA) is 54.2 Å². The molecular weight excluding hydrogens is 387 g/mol. The Balaban J connectivity index is 1.68. The van der Waals surface area contributed by atoms with Crippen LogP contribution in [0.15, 0.2) is 48.7 Å². The van der Waals surface area contributed by atoms with Gasteiger partial charge >= 0.3 is 0 Å². The number of halogens is 1. The highest BCUT2D eigenvalue weighted by molar-refractivity contribution is 5.80. The molecule has 3 aromatic rings. The van der Waals surface area contributed by atoms with Crippen molar-refractivity contribution in [3.05, 3.63) is 65.6 Å². The van der Waals surface area contributed by atoms with Gasteiger partial charge in [-0.1, -0.05) is 38.5 Å². The van der Waals surface area contributed by atoms with Crippen molar-refractivity contribution in [2.75, 3.05) is 36.8 Å². The van der Waals surface area contributed by atoms with Crippen molar-refractivity contribution in [2.24, 2.45) is 0 Å². The zero-order chi connectivity index (χ0) is 21.8. The van der Waals surface area contributed by atoms with Gasteiger partial charge in [-0.05, 0) is 59.4 Å². The molecule has 0 atom stereocenters. The van der Waals surface area contributed by atoms with Crippen molar-refractivity contribution in [2.45, 2.75) is 33.1 Å². The second kappa shape index (κ2) is 9.48. The highest BCUT2D eigenvalue weighted by atomic mass is 19.1. The Morgan fingerprint density at radius 2 is 1.74 bits per heavy atom. The number of hydrogen-bond acceptors (Lipinski definition) is 4. The van der Waals surface area contributed by atoms with Crippen molar-refractivity contribution in [1.82, 2.24) is 10.3 Å². The van der Waals surface area contributed by atoms with Crippen LogP contribution in [-0.2, 0) is 12.8 Å². The number of rotatable bonds is 6. The molecule has 31 heavy (non-hydrogen) atoms. The van der Waals surface area contributed by atoms with Gasteiger partial charge in [0.1, 0.15) is 11.6 Å². The first-order valence-corrected chi connectivity index (χ1v) is 11.2. The Hall–Kier alpha value is -2.92. The van der Waals surface area contributed by atoms with E-state index in [9.17, 15) is 4.39 Å². The molecule has 0 bridgehead atoms. The van der Waals surface area contributed by atoms with Crippen LogP contribution in [0.2, 0.25) is 0 Å². The molecular formula is C26H31FN4. The molecule has 4 rings (SSSR count). The van der Waals surface area contributed by atoms with Crippen molar-refractivity contribution in [3.63, 3.8) is 0 Å². The molecule has 1 aromatic heterocycles. The van der Waals surface area contributed by atoms with Gasteiger partial charge < -0.3 is 16.0 Å². The molecule has 5 heteroatoms. The number of hydrogen-bond donors (Lipinski definition) is 2. The lowest BCUT2D eigenvalue weighted by atomic mass is 9.94. The van der Waals surface area contributed by atoms with Crippen LogP contribution >= 0.6 is 0 Å². The molecule has 0 spiro atoms. The average molecular weight is 419 g/mol. The standard InChI is InChI=1S/C26H31FN4/c1-3-5-19-14-20(16-25(27)23(19)4-2)24-15-21(17-30-26(24)28)18-6-8-22(9-7-18)31-12-10-29-11-13-31/h6-9,14-17,29H,3-5,10-13H2,1-2H3,(H2,28,30). The van der Waals surface area contributed by atoms with Gasteiger partial charge in [0, 0.05) is 49.2 Å². The lowest BCUT2D eigenvalue weighted by Gasteiger charge is -2.29. The molecule has 2 heterocycles. The predicted molar refractivity (Wildman–Crippen MR) is 128 cm³/mol. The average Bonchev–Trinajstić information content (AvgIpc) is 2.80. The molecule has 0 amide bonds. The number of nitrogens with zero attached hydrogens (tertiary/aromatic N) is 2. The first-order chi connectivity index (χ1) is 15.1. The maximum Gasteiger partial charge on any atom is 0.131 e. The predicted octanol–water partition coefficient (Wildman–Crippen LogP) is 5.06. The van der Waals surface area contributed by atoms with Crippen LogP contribution in [-0.4, -0.2) is 31.2 Å². The van der Waals surface area contributed by atoms with E-state index in [1.165, 1.54) is 5.69 Å². The summed E-state index contributed by atoms with van der Waals surface area (Å²) in [6.07, 6.45) is 4.31. The van der Waals surface area contributed by atoms with Crippen LogP contribution < -0.4 is 16.0 Å². The van der Waals surface area contributed by atoms with Crippen molar-refractivity contribution < 1.29 is 4.39 Å². The highest BCUT2D eigenvalue weighted by Crippen LogP contribution is 2.33. The first kappa shape index (κ1) is 21.3. The molecule has 2 aromatic carbocycles. The smallest absolute Gasteiger partial charge is 0.131 e. The number of piperazine rings is 1. The Kier molecular flexibility index (Phi) is 6.52. The maximum atomic E-state index is 14.8. The molecule has 3 N–H and O–H groups in total. The number of nitrogen functional groups attached to an aromatic ring is 1. The SMILES string of the molecule is CCCc1cc(-c2cc(-c3ccc(N4CCNCC4)cc3)cnc2N)cc(F)c1CC. The summed E-state index contributed by atoms with van der Waals surface area (Å²) < 4.78 is 14.8. The fourth-order valence-corrected chi connectivity index (χ4v) is 4.39. The molecule has 0 radical (unpaired) electrons. The van der Waals surface area contributed by atoms with E-state index in [-0.39, 0.29) is 5.82 Å². The van der Waals surface area contributed by atoms with Crippen molar-refractivity contribution in [1.29, 1.82) is 0 Å². The summed E-state index contributed by atoms with van der Waals surface area (Å²) in [6.45, 7) is 8.18. The number of nitrogens with two attached hydrogens (primary N) is 1. The van der Waals surface area contributed by atoms with E-state index < -0.39 is 0 Å². The lowest BCUT2D eigenvalue weighted by Crippen LogP contribution is -2.43. The third kappa shape index (κ3) is 4.57. The van der Waals surface area contributed by atoms with E-state index >= 15 is 0 Å². The fourth-order valence-electron chi connectivity index (χ4n) is 4.39. The third-order valence-electron chi connectivity index (χ3n) is 6.07. The molecule has 1 fully saturated rings. The summed E-state index contributed by atoms with van der Waals surface area (Å²) >= 11 is 0. The fraction of sp³-hybridized carbons (Fsp3) is 0.346. The molecule has 0 aliphatic carbocycles. The Bertz CT molecular complexity index is 1040. The summed E-state index contributed by atoms with van der Waals surface area (Å²) in [5, 5.41) is 3.38. The molecule has 1 aliphatic rings. The zero-order valence-corrected chi connectivity index (χ0v) is 18.4. The maximum absolute atomic E-state index is 14.8. The van der Waals surface area contributed by atoms with Gasteiger partial charge in [0.05, 0.1) is 0 Å². The van der Waals surface area contributed by atoms with E-state index in [1.807, 2.05) is 13.0 Å². The monoisotopic (exact) mass is 418 g/mol. The van der Waals surface area contributed by atoms with Crippen molar-refractivity contribution in [3.8, 4) is 22.3 Å². The summed E-state index contributed by atoms with van der Waals surface area (Å²) in [6, 6.07) is 14.3. The third-order valence-corrected chi connectivity index (χ3v) is 6.07. The Morgan fingerprint density at radius 1 is 1.00 bits per heavy atom. The molecule has 1 saturated heterocycles. The highest BCUT2D eigenvalue weighted by Gasteiger charge is 2.14. The van der Waals surface area contributed by atoms with Gasteiger partial charge in [0.15, 0.2) is 0 Å². The van der Waals surface area contributed by atoms with E-state index in [0.717, 1.165) is 72.4 Å². The molecule has 0 saturated carbocycles. The first-order valence-electron chi connectivity index (χ1n) is 11.2. The van der Waals surface area contributed by atoms with Crippen LogP contribution in [0, 0.1) is 5.82 Å². The van der Waals surface area contributed by atoms with Gasteiger partial charge in [-0.2, -0.15) is 0 Å². The number of aromatic nitrogens is 1. The van der Waals surface area contributed by atoms with Crippen LogP contribution in [0.3, 0.4) is 0 Å². The molecule has 1 aliphatic heterocycles. The van der Waals surface area contributed by atoms with Gasteiger partial charge in [-0.15, -0.1) is 0 Å². The van der Waals surface area contributed by atoms with Crippen molar-refractivity contribution >= 4 is 11.5 Å². The van der Waals surface area contributed by atoms with Gasteiger partial charge in [-0.25, -0.2) is 9.37 Å². The van der Waals surface area contributed by atoms with Gasteiger partial charge in [0.25, 0.3) is 0 Å². The molecule has 162 valence electrons. The van der Waals surface area contributed by atoms with Crippen LogP contribution in [0.4, 0.5) is 15.9 Å². The molecule has 4 nitrogen and oxygen atoms in total. The summed E-state index contributed by atoms with van der Waals surface area (Å²) in [4.78, 5) is 6.82. The van der Waals surface area contributed by atoms with E-state index in [4.69, 9.17) is 5.73 Å². The minimum atomic E-state index is -0.159. The quantitative estimate of drug-likeness (QED) is 0.587. The number of benzene rings is 2. The second-order valence-electron chi connectivity index (χ2n) is 8.14. The molecule has 0 unspecified atom stereocenters. The summed E-state index contributed by atoms with van der Waals surface area (Å²) in [7, 11) is 0. The number of pyridine rings is 1. The van der Waals surface area contributed by atoms with E-state index in [1.54, 1.807) is 12.3 Å². The van der Waals surface area contributed by atoms with Gasteiger partial charge in [-0.3, -0.25) is 0 Å². The Morgan fingerprint density at radius 3 is 2.42 bits per heavy atom. The van der Waals surface area contributed by atoms with E-state index in [0.29, 0.717) is 12.2 Å². The minimum Gasteiger partial charge on any atom is -0.383 e. The number of aryl methyl sites for hydroxylation is 1. The largest absolute Gasteiger partial charge is 0.383 e. The van der Waals surface area contributed by atoms with Crippen LogP contribution in [0.1, 0.15) is 31.4 Å². The summed E-state index contributed by atoms with van der Waals surface area (Å²) in [5.74, 6) is 0.265. The Labute approximate surface area is 184 Å². The normalized spacial score (nSPS) is 14.1. The number of nitrogens with one attached hydrogen (secondary N) is 1. The van der Waals surface area contributed by atoms with E-state index in [2.05, 4.69) is 52.5 Å². The van der Waals surface area contributed by atoms with Crippen LogP contribution in [0.25, 0.3) is 22.3 Å². The zero-order valence-electron chi connectivity index (χ0n) is 18.4. The van der Waals surface area contributed by atoms with Crippen LogP contribution in [0.5, 0.6) is 0 Å². The van der Waals surface area contributed by atoms with Gasteiger partial charge in [0.2, 0.25) is 0 Å². The lowest BCUT2D eigenvalue weighted by molar-refractivity contribution is 0.589. The second-order valence-corrected chi connectivity index (χ2v) is 8.14. The minimum absolute atomic E-state index is 0.159. The number of anilines is 2.